The van der Waals surface area contributed by atoms with E-state index in [-0.39, 0.29) is 6.03 Å². The standard InChI is InChI=1S/C22H25N5O/c1-2-27(21(23)28)14-5-12-26(13-15-27)22-24-11-10-20(25-22)19-9-8-17-6-3-4-7-18(17)16-19/h3-4,6-11,16H,2,5,12-15H2,1H3,(H-,23,28)/p+1. The van der Waals surface area contributed by atoms with Crippen LogP contribution in [0.3, 0.4) is 0 Å². The van der Waals surface area contributed by atoms with Crippen LogP contribution < -0.4 is 10.6 Å². The molecule has 4 rings (SSSR count). The predicted molar refractivity (Wildman–Crippen MR) is 112 cm³/mol. The molecule has 3 aromatic rings. The molecule has 2 N–H and O–H groups in total. The lowest BCUT2D eigenvalue weighted by molar-refractivity contribution is -0.845. The fourth-order valence-electron chi connectivity index (χ4n) is 4.00. The van der Waals surface area contributed by atoms with Crippen LogP contribution in [0.4, 0.5) is 10.7 Å². The number of hydrogen-bond acceptors (Lipinski definition) is 4. The van der Waals surface area contributed by atoms with Gasteiger partial charge in [-0.15, -0.1) is 0 Å². The van der Waals surface area contributed by atoms with Gasteiger partial charge in [0.05, 0.1) is 25.3 Å². The number of amides is 2. The summed E-state index contributed by atoms with van der Waals surface area (Å²) in [6, 6.07) is 16.4. The highest BCUT2D eigenvalue weighted by Crippen LogP contribution is 2.25. The Kier molecular flexibility index (Phi) is 4.96. The van der Waals surface area contributed by atoms with Gasteiger partial charge in [-0.1, -0.05) is 36.4 Å². The van der Waals surface area contributed by atoms with Gasteiger partial charge in [-0.3, -0.25) is 0 Å². The maximum Gasteiger partial charge on any atom is 0.414 e. The smallest absolute Gasteiger partial charge is 0.335 e. The van der Waals surface area contributed by atoms with Crippen molar-refractivity contribution in [2.75, 3.05) is 37.6 Å². The molecule has 1 aliphatic rings. The van der Waals surface area contributed by atoms with Gasteiger partial charge in [0.2, 0.25) is 5.95 Å². The first-order valence-corrected chi connectivity index (χ1v) is 9.84. The van der Waals surface area contributed by atoms with Gasteiger partial charge in [-0.05, 0) is 29.8 Å². The van der Waals surface area contributed by atoms with Crippen LogP contribution in [0, 0.1) is 0 Å². The minimum absolute atomic E-state index is 0.241. The summed E-state index contributed by atoms with van der Waals surface area (Å²) in [5.41, 5.74) is 7.68. The van der Waals surface area contributed by atoms with Crippen molar-refractivity contribution >= 4 is 22.8 Å². The Morgan fingerprint density at radius 3 is 2.71 bits per heavy atom. The number of benzene rings is 2. The van der Waals surface area contributed by atoms with Gasteiger partial charge >= 0.3 is 6.03 Å². The van der Waals surface area contributed by atoms with E-state index in [1.807, 2.05) is 31.3 Å². The van der Waals surface area contributed by atoms with Crippen LogP contribution in [-0.2, 0) is 0 Å². The number of carbonyl (C=O) groups excluding carboxylic acids is 1. The van der Waals surface area contributed by atoms with E-state index in [0.717, 1.165) is 43.9 Å². The molecule has 6 nitrogen and oxygen atoms in total. The van der Waals surface area contributed by atoms with Crippen molar-refractivity contribution in [2.45, 2.75) is 13.3 Å². The minimum atomic E-state index is -0.241. The lowest BCUT2D eigenvalue weighted by Crippen LogP contribution is -2.57. The Balaban J connectivity index is 1.60. The zero-order valence-electron chi connectivity index (χ0n) is 16.2. The van der Waals surface area contributed by atoms with E-state index in [1.54, 1.807) is 0 Å². The summed E-state index contributed by atoms with van der Waals surface area (Å²) in [7, 11) is 0. The highest BCUT2D eigenvalue weighted by atomic mass is 16.2. The molecule has 1 aromatic heterocycles. The van der Waals surface area contributed by atoms with Crippen LogP contribution in [0.5, 0.6) is 0 Å². The van der Waals surface area contributed by atoms with E-state index < -0.39 is 0 Å². The molecule has 1 saturated heterocycles. The number of urea groups is 1. The summed E-state index contributed by atoms with van der Waals surface area (Å²) < 4.78 is 0.334. The van der Waals surface area contributed by atoms with Crippen molar-refractivity contribution in [2.24, 2.45) is 5.73 Å². The molecule has 28 heavy (non-hydrogen) atoms. The molecule has 2 heterocycles. The molecule has 2 amide bonds. The van der Waals surface area contributed by atoms with Crippen molar-refractivity contribution in [1.29, 1.82) is 0 Å². The number of nitrogens with zero attached hydrogens (tertiary/aromatic N) is 4. The molecular formula is C22H26N5O+. The fourth-order valence-corrected chi connectivity index (χ4v) is 4.00. The zero-order chi connectivity index (χ0) is 19.6. The third-order valence-electron chi connectivity index (χ3n) is 5.86. The van der Waals surface area contributed by atoms with Gasteiger partial charge in [-0.25, -0.2) is 19.2 Å². The molecule has 2 aromatic carbocycles. The topological polar surface area (TPSA) is 72.1 Å². The summed E-state index contributed by atoms with van der Waals surface area (Å²) in [4.78, 5) is 23.5. The Morgan fingerprint density at radius 1 is 1.11 bits per heavy atom. The first-order valence-electron chi connectivity index (χ1n) is 9.84. The van der Waals surface area contributed by atoms with Gasteiger partial charge in [0.25, 0.3) is 0 Å². The lowest BCUT2D eigenvalue weighted by atomic mass is 10.1. The molecule has 1 aliphatic heterocycles. The molecule has 0 saturated carbocycles. The summed E-state index contributed by atoms with van der Waals surface area (Å²) in [5, 5.41) is 2.41. The molecule has 0 aliphatic carbocycles. The normalized spacial score (nSPS) is 20.1. The highest BCUT2D eigenvalue weighted by molar-refractivity contribution is 5.86. The molecule has 144 valence electrons. The Hall–Kier alpha value is -2.99. The average Bonchev–Trinajstić information content (AvgIpc) is 2.97. The summed E-state index contributed by atoms with van der Waals surface area (Å²) in [5.74, 6) is 0.714. The molecule has 1 fully saturated rings. The number of carbonyl (C=O) groups is 1. The Labute approximate surface area is 165 Å². The third-order valence-corrected chi connectivity index (χ3v) is 5.86. The van der Waals surface area contributed by atoms with Crippen LogP contribution in [-0.4, -0.2) is 53.2 Å². The van der Waals surface area contributed by atoms with Crippen molar-refractivity contribution in [1.82, 2.24) is 9.97 Å². The monoisotopic (exact) mass is 376 g/mol. The number of aromatic nitrogens is 2. The second-order valence-electron chi connectivity index (χ2n) is 7.39. The van der Waals surface area contributed by atoms with Gasteiger partial charge in [-0.2, -0.15) is 0 Å². The minimum Gasteiger partial charge on any atom is -0.335 e. The first-order chi connectivity index (χ1) is 13.6. The molecule has 0 spiro atoms. The van der Waals surface area contributed by atoms with Gasteiger partial charge < -0.3 is 10.6 Å². The van der Waals surface area contributed by atoms with Gasteiger partial charge in [0.1, 0.15) is 6.54 Å². The van der Waals surface area contributed by atoms with Crippen molar-refractivity contribution in [3.8, 4) is 11.3 Å². The maximum absolute atomic E-state index is 12.0. The maximum atomic E-state index is 12.0. The van der Waals surface area contributed by atoms with E-state index >= 15 is 0 Å². The van der Waals surface area contributed by atoms with E-state index in [1.165, 1.54) is 10.8 Å². The summed E-state index contributed by atoms with van der Waals surface area (Å²) >= 11 is 0. The lowest BCUT2D eigenvalue weighted by Gasteiger charge is -2.31. The van der Waals surface area contributed by atoms with Gasteiger partial charge in [0.15, 0.2) is 0 Å². The number of hydrogen-bond donors (Lipinski definition) is 1. The zero-order valence-corrected chi connectivity index (χ0v) is 16.2. The van der Waals surface area contributed by atoms with Crippen LogP contribution in [0.25, 0.3) is 22.0 Å². The quantitative estimate of drug-likeness (QED) is 0.711. The second-order valence-corrected chi connectivity index (χ2v) is 7.39. The van der Waals surface area contributed by atoms with E-state index in [9.17, 15) is 4.79 Å². The molecular weight excluding hydrogens is 350 g/mol. The number of anilines is 1. The van der Waals surface area contributed by atoms with E-state index in [2.05, 4.69) is 40.2 Å². The average molecular weight is 376 g/mol. The second kappa shape index (κ2) is 7.56. The number of fused-ring (bicyclic) bond motifs is 1. The number of rotatable bonds is 3. The molecule has 0 bridgehead atoms. The Morgan fingerprint density at radius 2 is 1.93 bits per heavy atom. The molecule has 1 atom stereocenters. The predicted octanol–water partition coefficient (Wildman–Crippen LogP) is 3.42. The largest absolute Gasteiger partial charge is 0.414 e. The SMILES string of the molecule is CC[N+]1(C(N)=O)CCCN(c2nccc(-c3ccc4ccccc4c3)n2)CC1. The summed E-state index contributed by atoms with van der Waals surface area (Å²) in [6.07, 6.45) is 2.70. The van der Waals surface area contributed by atoms with E-state index in [0.29, 0.717) is 17.0 Å². The van der Waals surface area contributed by atoms with Gasteiger partial charge in [0, 0.05) is 24.7 Å². The number of quaternary nitrogens is 1. The molecule has 6 heteroatoms. The van der Waals surface area contributed by atoms with Crippen molar-refractivity contribution in [3.63, 3.8) is 0 Å². The first kappa shape index (κ1) is 18.4. The van der Waals surface area contributed by atoms with Crippen LogP contribution in [0.1, 0.15) is 13.3 Å². The highest BCUT2D eigenvalue weighted by Gasteiger charge is 2.35. The van der Waals surface area contributed by atoms with E-state index in [4.69, 9.17) is 10.7 Å². The van der Waals surface area contributed by atoms with Crippen LogP contribution in [0.2, 0.25) is 0 Å². The fraction of sp³-hybridized carbons (Fsp3) is 0.318. The van der Waals surface area contributed by atoms with Crippen LogP contribution in [0.15, 0.2) is 54.7 Å². The number of likely N-dealkylation sites (N-methyl/N-ethyl adjacent to an activating group) is 1. The summed E-state index contributed by atoms with van der Waals surface area (Å²) in [6.45, 7) is 5.76. The number of primary amides is 1. The number of nitrogens with two attached hydrogens (primary N) is 1. The third kappa shape index (κ3) is 3.43. The van der Waals surface area contributed by atoms with Crippen molar-refractivity contribution in [3.05, 3.63) is 54.7 Å². The molecule has 1 unspecified atom stereocenters. The Bertz CT molecular complexity index is 1000. The molecule has 0 radical (unpaired) electrons. The van der Waals surface area contributed by atoms with Crippen molar-refractivity contribution < 1.29 is 9.28 Å². The van der Waals surface area contributed by atoms with Crippen LogP contribution >= 0.6 is 0 Å².